The van der Waals surface area contributed by atoms with E-state index in [1.54, 1.807) is 19.2 Å². The van der Waals surface area contributed by atoms with E-state index in [0.29, 0.717) is 6.54 Å². The number of carbonyl (C=O) groups is 2. The highest BCUT2D eigenvalue weighted by Crippen LogP contribution is 2.23. The molecule has 0 bridgehead atoms. The molecule has 0 saturated carbocycles. The summed E-state index contributed by atoms with van der Waals surface area (Å²) in [5.74, 6) is -1.03. The number of carbonyl (C=O) groups excluding carboxylic acids is 2. The first kappa shape index (κ1) is 18.3. The number of hydrogen-bond donors (Lipinski definition) is 2. The summed E-state index contributed by atoms with van der Waals surface area (Å²) < 4.78 is 4.61. The highest BCUT2D eigenvalue weighted by molar-refractivity contribution is 5.97. The molecule has 1 aromatic carbocycles. The topological polar surface area (TPSA) is 103 Å². The Bertz CT molecular complexity index is 603. The minimum Gasteiger partial charge on any atom is -0.469 e. The summed E-state index contributed by atoms with van der Waals surface area (Å²) in [5, 5.41) is 13.5. The number of benzene rings is 1. The normalized spacial score (nSPS) is 12.8. The van der Waals surface area contributed by atoms with Gasteiger partial charge in [0.2, 0.25) is 0 Å². The second-order valence-corrected chi connectivity index (χ2v) is 4.94. The minimum absolute atomic E-state index is 0.0868. The molecule has 0 aromatic heterocycles. The van der Waals surface area contributed by atoms with E-state index in [1.807, 2.05) is 0 Å². The van der Waals surface area contributed by atoms with Crippen LogP contribution in [0.15, 0.2) is 36.9 Å². The van der Waals surface area contributed by atoms with Gasteiger partial charge in [-0.05, 0) is 12.1 Å². The fourth-order valence-corrected chi connectivity index (χ4v) is 2.07. The fourth-order valence-electron chi connectivity index (χ4n) is 2.07. The zero-order valence-electron chi connectivity index (χ0n) is 13.1. The highest BCUT2D eigenvalue weighted by atomic mass is 16.6. The van der Waals surface area contributed by atoms with Gasteiger partial charge in [0.1, 0.15) is 12.1 Å². The maximum absolute atomic E-state index is 12.5. The summed E-state index contributed by atoms with van der Waals surface area (Å²) in [4.78, 5) is 35.1. The van der Waals surface area contributed by atoms with Gasteiger partial charge in [-0.3, -0.25) is 19.7 Å². The molecule has 0 heterocycles. The lowest BCUT2D eigenvalue weighted by Crippen LogP contribution is -3.14. The van der Waals surface area contributed by atoms with E-state index in [0.717, 1.165) is 4.90 Å². The predicted octanol–water partition coefficient (Wildman–Crippen LogP) is 0.166. The predicted molar refractivity (Wildman–Crippen MR) is 84.1 cm³/mol. The molecule has 1 amide bonds. The second-order valence-electron chi connectivity index (χ2n) is 4.94. The molecule has 23 heavy (non-hydrogen) atoms. The number of methoxy groups -OCH3 is 1. The Balaban J connectivity index is 2.99. The van der Waals surface area contributed by atoms with E-state index in [-0.39, 0.29) is 17.8 Å². The third kappa shape index (κ3) is 5.19. The second kappa shape index (κ2) is 8.64. The summed E-state index contributed by atoms with van der Waals surface area (Å²) in [6, 6.07) is 5.08. The smallest absolute Gasteiger partial charge is 0.312 e. The summed E-state index contributed by atoms with van der Waals surface area (Å²) in [6.45, 7) is 4.06. The summed E-state index contributed by atoms with van der Waals surface area (Å²) in [6.07, 6.45) is 1.49. The van der Waals surface area contributed by atoms with E-state index in [9.17, 15) is 19.7 Å². The molecule has 1 rings (SSSR count). The van der Waals surface area contributed by atoms with Crippen LogP contribution in [-0.2, 0) is 14.3 Å². The molecule has 1 aromatic rings. The Morgan fingerprint density at radius 3 is 2.70 bits per heavy atom. The van der Waals surface area contributed by atoms with Crippen LogP contribution in [0, 0.1) is 10.1 Å². The number of para-hydroxylation sites is 2. The van der Waals surface area contributed by atoms with E-state index in [4.69, 9.17) is 0 Å². The van der Waals surface area contributed by atoms with Gasteiger partial charge in [0.15, 0.2) is 6.04 Å². The number of rotatable bonds is 8. The van der Waals surface area contributed by atoms with Gasteiger partial charge in [-0.2, -0.15) is 0 Å². The van der Waals surface area contributed by atoms with Gasteiger partial charge in [0.25, 0.3) is 11.6 Å². The van der Waals surface area contributed by atoms with Gasteiger partial charge in [-0.1, -0.05) is 18.7 Å². The lowest BCUT2D eigenvalue weighted by atomic mass is 10.1. The molecular weight excluding hydrogens is 302 g/mol. The average Bonchev–Trinajstić information content (AvgIpc) is 2.52. The molecule has 0 aliphatic rings. The van der Waals surface area contributed by atoms with E-state index >= 15 is 0 Å². The number of anilines is 1. The van der Waals surface area contributed by atoms with Crippen molar-refractivity contribution in [2.45, 2.75) is 12.5 Å². The quantitative estimate of drug-likeness (QED) is 0.307. The largest absolute Gasteiger partial charge is 0.469 e. The van der Waals surface area contributed by atoms with E-state index in [1.165, 1.54) is 25.3 Å². The van der Waals surface area contributed by atoms with Crippen LogP contribution >= 0.6 is 0 Å². The van der Waals surface area contributed by atoms with Crippen LogP contribution < -0.4 is 10.2 Å². The summed E-state index contributed by atoms with van der Waals surface area (Å²) >= 11 is 0. The van der Waals surface area contributed by atoms with Crippen molar-refractivity contribution in [2.24, 2.45) is 0 Å². The first-order valence-corrected chi connectivity index (χ1v) is 6.95. The molecule has 0 aliphatic heterocycles. The van der Waals surface area contributed by atoms with Crippen LogP contribution in [-0.4, -0.2) is 43.5 Å². The Morgan fingerprint density at radius 1 is 1.48 bits per heavy atom. The van der Waals surface area contributed by atoms with Crippen molar-refractivity contribution in [3.8, 4) is 0 Å². The Kier molecular flexibility index (Phi) is 6.88. The Labute approximate surface area is 133 Å². The van der Waals surface area contributed by atoms with Gasteiger partial charge in [0, 0.05) is 6.07 Å². The first-order chi connectivity index (χ1) is 10.9. The molecule has 2 atom stereocenters. The van der Waals surface area contributed by atoms with Crippen LogP contribution in [0.3, 0.4) is 0 Å². The van der Waals surface area contributed by atoms with Gasteiger partial charge in [-0.25, -0.2) is 0 Å². The number of hydrogen-bond acceptors (Lipinski definition) is 5. The summed E-state index contributed by atoms with van der Waals surface area (Å²) in [7, 11) is 2.97. The molecule has 1 unspecified atom stereocenters. The van der Waals surface area contributed by atoms with Crippen LogP contribution in [0.1, 0.15) is 6.42 Å². The lowest BCUT2D eigenvalue weighted by molar-refractivity contribution is -0.889. The van der Waals surface area contributed by atoms with Crippen molar-refractivity contribution >= 4 is 23.3 Å². The fraction of sp³-hybridized carbons (Fsp3) is 0.333. The van der Waals surface area contributed by atoms with Crippen molar-refractivity contribution in [2.75, 3.05) is 26.0 Å². The molecule has 8 nitrogen and oxygen atoms in total. The Hall–Kier alpha value is -2.74. The van der Waals surface area contributed by atoms with Gasteiger partial charge < -0.3 is 15.0 Å². The summed E-state index contributed by atoms with van der Waals surface area (Å²) in [5.41, 5.74) is -0.122. The molecule has 2 N–H and O–H groups in total. The number of nitrogens with one attached hydrogen (secondary N) is 2. The molecule has 0 saturated heterocycles. The van der Waals surface area contributed by atoms with Crippen molar-refractivity contribution < 1.29 is 24.1 Å². The number of likely N-dealkylation sites (N-methyl/N-ethyl adjacent to an activating group) is 1. The van der Waals surface area contributed by atoms with Crippen LogP contribution in [0.4, 0.5) is 11.4 Å². The number of nitrogens with zero attached hydrogens (tertiary/aromatic N) is 1. The maximum Gasteiger partial charge on any atom is 0.312 e. The molecule has 8 heteroatoms. The lowest BCUT2D eigenvalue weighted by Gasteiger charge is -2.22. The third-order valence-corrected chi connectivity index (χ3v) is 3.33. The molecular formula is C15H20N3O5+. The first-order valence-electron chi connectivity index (χ1n) is 6.95. The van der Waals surface area contributed by atoms with Gasteiger partial charge in [-0.15, -0.1) is 0 Å². The molecule has 0 fully saturated rings. The standard InChI is InChI=1S/C15H19N3O5/c1-4-9-17(2)13(10-14(19)23-3)15(20)16-11-7-5-6-8-12(11)18(21)22/h4-8,13H,1,9-10H2,2-3H3,(H,16,20)/p+1/t13-/m0/s1. The molecule has 0 aliphatic carbocycles. The molecule has 124 valence electrons. The molecule has 0 spiro atoms. The number of quaternary nitrogens is 1. The monoisotopic (exact) mass is 322 g/mol. The van der Waals surface area contributed by atoms with E-state index < -0.39 is 22.8 Å². The number of amides is 1. The van der Waals surface area contributed by atoms with Gasteiger partial charge in [0.05, 0.1) is 25.6 Å². The zero-order chi connectivity index (χ0) is 17.4. The van der Waals surface area contributed by atoms with Crippen LogP contribution in [0.25, 0.3) is 0 Å². The number of esters is 1. The number of ether oxygens (including phenoxy) is 1. The Morgan fingerprint density at radius 2 is 2.13 bits per heavy atom. The third-order valence-electron chi connectivity index (χ3n) is 3.33. The zero-order valence-corrected chi connectivity index (χ0v) is 13.1. The van der Waals surface area contributed by atoms with Gasteiger partial charge >= 0.3 is 5.97 Å². The van der Waals surface area contributed by atoms with Crippen molar-refractivity contribution in [3.63, 3.8) is 0 Å². The number of nitro benzene ring substituents is 1. The molecule has 0 radical (unpaired) electrons. The van der Waals surface area contributed by atoms with Crippen molar-refractivity contribution in [1.82, 2.24) is 0 Å². The minimum atomic E-state index is -0.750. The van der Waals surface area contributed by atoms with Crippen molar-refractivity contribution in [1.29, 1.82) is 0 Å². The van der Waals surface area contributed by atoms with Crippen molar-refractivity contribution in [3.05, 3.63) is 47.0 Å². The van der Waals surface area contributed by atoms with E-state index in [2.05, 4.69) is 16.6 Å². The van der Waals surface area contributed by atoms with Crippen LogP contribution in [0.2, 0.25) is 0 Å². The maximum atomic E-state index is 12.5. The number of nitro groups is 1. The average molecular weight is 322 g/mol. The SMILES string of the molecule is C=CC[NH+](C)[C@@H](CC(=O)OC)C(=O)Nc1ccccc1[N+](=O)[O-]. The highest BCUT2D eigenvalue weighted by Gasteiger charge is 2.31. The van der Waals surface area contributed by atoms with Crippen LogP contribution in [0.5, 0.6) is 0 Å².